The molecule has 0 aliphatic carbocycles. The van der Waals surface area contributed by atoms with Gasteiger partial charge in [0.1, 0.15) is 22.7 Å². The Kier molecular flexibility index (Phi) is 5.98. The highest BCUT2D eigenvalue weighted by Gasteiger charge is 2.48. The maximum Gasteiger partial charge on any atom is 0.273 e. The number of amides is 2. The van der Waals surface area contributed by atoms with Gasteiger partial charge in [-0.15, -0.1) is 11.3 Å². The molecule has 8 heteroatoms. The monoisotopic (exact) mass is 488 g/mol. The Morgan fingerprint density at radius 1 is 1.14 bits per heavy atom. The molecule has 0 bridgehead atoms. The molecular weight excluding hydrogens is 463 g/mol. The molecule has 0 saturated carbocycles. The molecule has 5 rings (SSSR count). The number of hydrogen-bond donors (Lipinski definition) is 1. The number of rotatable bonds is 6. The van der Waals surface area contributed by atoms with Gasteiger partial charge >= 0.3 is 0 Å². The van der Waals surface area contributed by atoms with Crippen LogP contribution in [0.2, 0.25) is 0 Å². The van der Waals surface area contributed by atoms with Gasteiger partial charge in [-0.3, -0.25) is 14.3 Å². The van der Waals surface area contributed by atoms with E-state index >= 15 is 0 Å². The maximum absolute atomic E-state index is 14.6. The molecule has 0 unspecified atom stereocenters. The number of fused-ring (bicyclic) bond motifs is 1. The number of thiophene rings is 1. The molecule has 0 saturated heterocycles. The summed E-state index contributed by atoms with van der Waals surface area (Å²) in [5.41, 5.74) is 2.20. The lowest BCUT2D eigenvalue weighted by Gasteiger charge is -2.43. The Hall–Kier alpha value is -3.78. The van der Waals surface area contributed by atoms with Crippen LogP contribution < -0.4 is 5.32 Å². The molecule has 1 N–H and O–H groups in total. The van der Waals surface area contributed by atoms with E-state index in [0.717, 1.165) is 16.0 Å². The molecule has 4 aromatic rings. The number of hydrogen-bond acceptors (Lipinski definition) is 4. The van der Waals surface area contributed by atoms with E-state index in [9.17, 15) is 14.0 Å². The SMILES string of the molecule is Cc1cccc(CNC(=O)[C@]2(C)Cn3nc(-c4cccs4)cc3C(=O)N2Cc2ccccc2F)c1. The molecule has 0 radical (unpaired) electrons. The van der Waals surface area contributed by atoms with Crippen molar-refractivity contribution in [3.63, 3.8) is 0 Å². The summed E-state index contributed by atoms with van der Waals surface area (Å²) >= 11 is 1.53. The van der Waals surface area contributed by atoms with Crippen LogP contribution in [-0.4, -0.2) is 32.0 Å². The Bertz CT molecular complexity index is 1400. The number of carbonyl (C=O) groups is 2. The van der Waals surface area contributed by atoms with Gasteiger partial charge in [0.05, 0.1) is 18.0 Å². The van der Waals surface area contributed by atoms with Gasteiger partial charge in [0.2, 0.25) is 5.91 Å². The van der Waals surface area contributed by atoms with Crippen LogP contribution >= 0.6 is 11.3 Å². The summed E-state index contributed by atoms with van der Waals surface area (Å²) in [4.78, 5) is 29.7. The van der Waals surface area contributed by atoms with Gasteiger partial charge in [0, 0.05) is 12.1 Å². The first-order chi connectivity index (χ1) is 16.8. The van der Waals surface area contributed by atoms with Crippen molar-refractivity contribution in [2.45, 2.75) is 39.0 Å². The number of nitrogens with zero attached hydrogens (tertiary/aromatic N) is 3. The average molecular weight is 489 g/mol. The summed E-state index contributed by atoms with van der Waals surface area (Å²) in [6.07, 6.45) is 0. The molecule has 3 heterocycles. The highest BCUT2D eigenvalue weighted by Crippen LogP contribution is 2.33. The fourth-order valence-corrected chi connectivity index (χ4v) is 5.11. The van der Waals surface area contributed by atoms with E-state index in [1.54, 1.807) is 35.9 Å². The lowest BCUT2D eigenvalue weighted by Crippen LogP contribution is -2.63. The number of aryl methyl sites for hydroxylation is 1. The minimum absolute atomic E-state index is 0.0284. The lowest BCUT2D eigenvalue weighted by molar-refractivity contribution is -0.133. The van der Waals surface area contributed by atoms with Crippen molar-refractivity contribution in [2.24, 2.45) is 0 Å². The Labute approximate surface area is 207 Å². The van der Waals surface area contributed by atoms with Crippen LogP contribution in [0.1, 0.15) is 34.1 Å². The summed E-state index contributed by atoms with van der Waals surface area (Å²) in [6.45, 7) is 4.16. The second-order valence-corrected chi connectivity index (χ2v) is 9.93. The van der Waals surface area contributed by atoms with Gasteiger partial charge in [-0.05, 0) is 43.0 Å². The van der Waals surface area contributed by atoms with Crippen LogP contribution in [0.5, 0.6) is 0 Å². The van der Waals surface area contributed by atoms with Gasteiger partial charge in [0.25, 0.3) is 5.91 Å². The Morgan fingerprint density at radius 2 is 1.97 bits per heavy atom. The van der Waals surface area contributed by atoms with E-state index in [1.165, 1.54) is 22.3 Å². The molecule has 2 aromatic heterocycles. The Morgan fingerprint density at radius 3 is 2.71 bits per heavy atom. The van der Waals surface area contributed by atoms with Gasteiger partial charge in [-0.25, -0.2) is 4.39 Å². The zero-order valence-electron chi connectivity index (χ0n) is 19.5. The van der Waals surface area contributed by atoms with E-state index in [0.29, 0.717) is 23.5 Å². The second-order valence-electron chi connectivity index (χ2n) is 8.98. The summed E-state index contributed by atoms with van der Waals surface area (Å²) in [7, 11) is 0. The highest BCUT2D eigenvalue weighted by molar-refractivity contribution is 7.13. The van der Waals surface area contributed by atoms with Gasteiger partial charge in [-0.1, -0.05) is 54.1 Å². The summed E-state index contributed by atoms with van der Waals surface area (Å²) < 4.78 is 16.2. The first-order valence-electron chi connectivity index (χ1n) is 11.4. The van der Waals surface area contributed by atoms with E-state index in [2.05, 4.69) is 10.4 Å². The molecule has 1 aliphatic rings. The number of benzene rings is 2. The van der Waals surface area contributed by atoms with Gasteiger partial charge in [0.15, 0.2) is 0 Å². The van der Waals surface area contributed by atoms with E-state index < -0.39 is 11.4 Å². The average Bonchev–Trinajstić information content (AvgIpc) is 3.51. The van der Waals surface area contributed by atoms with E-state index in [-0.39, 0.29) is 24.9 Å². The number of aromatic nitrogens is 2. The molecule has 2 aromatic carbocycles. The minimum Gasteiger partial charge on any atom is -0.350 e. The van der Waals surface area contributed by atoms with E-state index in [4.69, 9.17) is 0 Å². The largest absolute Gasteiger partial charge is 0.350 e. The minimum atomic E-state index is -1.27. The van der Waals surface area contributed by atoms with Crippen molar-refractivity contribution in [1.82, 2.24) is 20.0 Å². The van der Waals surface area contributed by atoms with E-state index in [1.807, 2.05) is 48.7 Å². The van der Waals surface area contributed by atoms with Crippen LogP contribution in [0.4, 0.5) is 4.39 Å². The zero-order chi connectivity index (χ0) is 24.6. The quantitative estimate of drug-likeness (QED) is 0.424. The summed E-state index contributed by atoms with van der Waals surface area (Å²) in [5, 5.41) is 9.57. The highest BCUT2D eigenvalue weighted by atomic mass is 32.1. The third-order valence-electron chi connectivity index (χ3n) is 6.38. The van der Waals surface area contributed by atoms with Crippen molar-refractivity contribution in [3.8, 4) is 10.6 Å². The Balaban J connectivity index is 1.50. The van der Waals surface area contributed by atoms with Crippen LogP contribution in [-0.2, 0) is 24.4 Å². The third kappa shape index (κ3) is 4.37. The molecule has 1 aliphatic heterocycles. The van der Waals surface area contributed by atoms with Crippen molar-refractivity contribution >= 4 is 23.2 Å². The van der Waals surface area contributed by atoms with Crippen LogP contribution in [0.15, 0.2) is 72.1 Å². The normalized spacial score (nSPS) is 17.3. The predicted octanol–water partition coefficient (Wildman–Crippen LogP) is 4.79. The summed E-state index contributed by atoms with van der Waals surface area (Å²) in [6, 6.07) is 19.8. The molecule has 0 fully saturated rings. The topological polar surface area (TPSA) is 67.2 Å². The van der Waals surface area contributed by atoms with Crippen LogP contribution in [0, 0.1) is 12.7 Å². The molecule has 2 amide bonds. The second kappa shape index (κ2) is 9.11. The number of nitrogens with one attached hydrogen (secondary N) is 1. The third-order valence-corrected chi connectivity index (χ3v) is 7.27. The number of halogens is 1. The zero-order valence-corrected chi connectivity index (χ0v) is 20.3. The van der Waals surface area contributed by atoms with Gasteiger partial charge in [-0.2, -0.15) is 5.10 Å². The summed E-state index contributed by atoms with van der Waals surface area (Å²) in [5.74, 6) is -1.09. The van der Waals surface area contributed by atoms with Crippen LogP contribution in [0.3, 0.4) is 0 Å². The predicted molar refractivity (Wildman–Crippen MR) is 133 cm³/mol. The van der Waals surface area contributed by atoms with Crippen molar-refractivity contribution in [2.75, 3.05) is 0 Å². The maximum atomic E-state index is 14.6. The smallest absolute Gasteiger partial charge is 0.273 e. The van der Waals surface area contributed by atoms with Gasteiger partial charge < -0.3 is 10.2 Å². The van der Waals surface area contributed by atoms with Crippen LogP contribution in [0.25, 0.3) is 10.6 Å². The fourth-order valence-electron chi connectivity index (χ4n) is 4.43. The van der Waals surface area contributed by atoms with Crippen molar-refractivity contribution in [3.05, 3.63) is 100 Å². The first kappa shape index (κ1) is 23.0. The molecule has 178 valence electrons. The number of carbonyl (C=O) groups excluding carboxylic acids is 2. The standard InChI is InChI=1S/C27H25FN4O2S/c1-18-7-5-8-19(13-18)15-29-26(34)27(2)17-32-23(14-22(30-32)24-11-6-12-35-24)25(33)31(27)16-20-9-3-4-10-21(20)28/h3-14H,15-17H2,1-2H3,(H,29,34)/t27-/m0/s1. The molecule has 35 heavy (non-hydrogen) atoms. The molecular formula is C27H25FN4O2S. The first-order valence-corrected chi connectivity index (χ1v) is 12.2. The molecule has 6 nitrogen and oxygen atoms in total. The molecule has 1 atom stereocenters. The van der Waals surface area contributed by atoms with Crippen molar-refractivity contribution in [1.29, 1.82) is 0 Å². The lowest BCUT2D eigenvalue weighted by atomic mass is 9.94. The fraction of sp³-hybridized carbons (Fsp3) is 0.222. The molecule has 0 spiro atoms. The van der Waals surface area contributed by atoms with Crippen molar-refractivity contribution < 1.29 is 14.0 Å².